The fourth-order valence-electron chi connectivity index (χ4n) is 3.15. The van der Waals surface area contributed by atoms with E-state index in [1.54, 1.807) is 0 Å². The molecule has 0 unspecified atom stereocenters. The van der Waals surface area contributed by atoms with Crippen molar-refractivity contribution in [1.82, 2.24) is 5.32 Å². The van der Waals surface area contributed by atoms with Gasteiger partial charge >= 0.3 is 0 Å². The van der Waals surface area contributed by atoms with E-state index in [0.717, 1.165) is 34.6 Å². The maximum absolute atomic E-state index is 12.3. The average Bonchev–Trinajstić information content (AvgIpc) is 2.94. The molecule has 1 atom stereocenters. The van der Waals surface area contributed by atoms with Gasteiger partial charge in [-0.1, -0.05) is 24.3 Å². The highest BCUT2D eigenvalue weighted by molar-refractivity contribution is 5.79. The fraction of sp³-hybridized carbons (Fsp3) is 0.381. The number of amides is 1. The summed E-state index contributed by atoms with van der Waals surface area (Å²) in [6, 6.07) is 12.0. The van der Waals surface area contributed by atoms with Crippen LogP contribution in [0, 0.1) is 6.92 Å². The molecule has 25 heavy (non-hydrogen) atoms. The van der Waals surface area contributed by atoms with Crippen LogP contribution in [0.3, 0.4) is 0 Å². The Balaban J connectivity index is 1.69. The van der Waals surface area contributed by atoms with Crippen molar-refractivity contribution in [2.24, 2.45) is 0 Å². The molecule has 1 amide bonds. The van der Waals surface area contributed by atoms with Crippen molar-refractivity contribution in [2.45, 2.75) is 46.3 Å². The maximum atomic E-state index is 12.3. The van der Waals surface area contributed by atoms with Crippen LogP contribution in [-0.4, -0.2) is 18.6 Å². The van der Waals surface area contributed by atoms with Crippen LogP contribution in [0.5, 0.6) is 11.5 Å². The molecule has 0 saturated heterocycles. The molecule has 4 heteroatoms. The number of ether oxygens (including phenoxy) is 2. The van der Waals surface area contributed by atoms with Gasteiger partial charge in [-0.15, -0.1) is 0 Å². The SMILES string of the molecule is CCOc1cc2c(cc1CNC(=O)Cc1ccccc1C)O[C@H](C)C2. The van der Waals surface area contributed by atoms with Crippen LogP contribution >= 0.6 is 0 Å². The van der Waals surface area contributed by atoms with Crippen LogP contribution in [0.4, 0.5) is 0 Å². The molecule has 2 aromatic carbocycles. The van der Waals surface area contributed by atoms with Crippen molar-refractivity contribution >= 4 is 5.91 Å². The number of fused-ring (bicyclic) bond motifs is 1. The summed E-state index contributed by atoms with van der Waals surface area (Å²) in [5.41, 5.74) is 4.31. The molecule has 0 bridgehead atoms. The second-order valence-electron chi connectivity index (χ2n) is 6.51. The van der Waals surface area contributed by atoms with Crippen molar-refractivity contribution < 1.29 is 14.3 Å². The monoisotopic (exact) mass is 339 g/mol. The van der Waals surface area contributed by atoms with Gasteiger partial charge in [-0.3, -0.25) is 4.79 Å². The molecular formula is C21H25NO3. The zero-order chi connectivity index (χ0) is 17.8. The number of rotatable bonds is 6. The van der Waals surface area contributed by atoms with Crippen molar-refractivity contribution in [3.63, 3.8) is 0 Å². The van der Waals surface area contributed by atoms with E-state index >= 15 is 0 Å². The Morgan fingerprint density at radius 1 is 1.28 bits per heavy atom. The molecule has 0 aromatic heterocycles. The molecule has 2 aromatic rings. The average molecular weight is 339 g/mol. The molecule has 0 fully saturated rings. The summed E-state index contributed by atoms with van der Waals surface area (Å²) in [6.07, 6.45) is 1.47. The van der Waals surface area contributed by atoms with Crippen LogP contribution < -0.4 is 14.8 Å². The van der Waals surface area contributed by atoms with E-state index in [1.165, 1.54) is 5.56 Å². The third-order valence-electron chi connectivity index (χ3n) is 4.47. The number of hydrogen-bond donors (Lipinski definition) is 1. The molecule has 4 nitrogen and oxygen atoms in total. The highest BCUT2D eigenvalue weighted by Crippen LogP contribution is 2.35. The summed E-state index contributed by atoms with van der Waals surface area (Å²) in [7, 11) is 0. The minimum absolute atomic E-state index is 0.00605. The molecule has 3 rings (SSSR count). The molecule has 0 radical (unpaired) electrons. The lowest BCUT2D eigenvalue weighted by atomic mass is 10.0. The normalized spacial score (nSPS) is 15.4. The summed E-state index contributed by atoms with van der Waals surface area (Å²) >= 11 is 0. The molecule has 0 saturated carbocycles. The van der Waals surface area contributed by atoms with E-state index in [9.17, 15) is 4.79 Å². The zero-order valence-electron chi connectivity index (χ0n) is 15.1. The number of hydrogen-bond acceptors (Lipinski definition) is 3. The zero-order valence-corrected chi connectivity index (χ0v) is 15.1. The third kappa shape index (κ3) is 4.13. The van der Waals surface area contributed by atoms with Gasteiger partial charge in [0, 0.05) is 24.1 Å². The van der Waals surface area contributed by atoms with Crippen LogP contribution in [0.2, 0.25) is 0 Å². The summed E-state index contributed by atoms with van der Waals surface area (Å²) in [5, 5.41) is 3.00. The lowest BCUT2D eigenvalue weighted by molar-refractivity contribution is -0.120. The molecule has 1 aliphatic heterocycles. The number of nitrogens with one attached hydrogen (secondary N) is 1. The standard InChI is InChI=1S/C21H25NO3/c1-4-24-19-10-17-9-15(3)25-20(17)11-18(19)13-22-21(23)12-16-8-6-5-7-14(16)2/h5-8,10-11,15H,4,9,12-13H2,1-3H3,(H,22,23)/t15-/m1/s1. The topological polar surface area (TPSA) is 47.6 Å². The number of carbonyl (C=O) groups is 1. The molecule has 132 valence electrons. The first-order valence-corrected chi connectivity index (χ1v) is 8.83. The Bertz CT molecular complexity index is 770. The predicted octanol–water partition coefficient (Wildman–Crippen LogP) is 3.58. The molecule has 0 spiro atoms. The summed E-state index contributed by atoms with van der Waals surface area (Å²) in [5.74, 6) is 1.74. The first-order chi connectivity index (χ1) is 12.1. The van der Waals surface area contributed by atoms with Crippen molar-refractivity contribution in [3.05, 3.63) is 58.7 Å². The fourth-order valence-corrected chi connectivity index (χ4v) is 3.15. The Kier molecular flexibility index (Phi) is 5.27. The smallest absolute Gasteiger partial charge is 0.224 e. The quantitative estimate of drug-likeness (QED) is 0.875. The maximum Gasteiger partial charge on any atom is 0.224 e. The highest BCUT2D eigenvalue weighted by atomic mass is 16.5. The second-order valence-corrected chi connectivity index (χ2v) is 6.51. The predicted molar refractivity (Wildman–Crippen MR) is 98.1 cm³/mol. The van der Waals surface area contributed by atoms with Crippen LogP contribution in [0.15, 0.2) is 36.4 Å². The summed E-state index contributed by atoms with van der Waals surface area (Å²) < 4.78 is 11.6. The van der Waals surface area contributed by atoms with Gasteiger partial charge in [0.15, 0.2) is 0 Å². The van der Waals surface area contributed by atoms with Gasteiger partial charge in [0.05, 0.1) is 13.0 Å². The number of aryl methyl sites for hydroxylation is 1. The lowest BCUT2D eigenvalue weighted by Gasteiger charge is -2.13. The molecule has 1 aliphatic rings. The molecule has 0 aliphatic carbocycles. The Morgan fingerprint density at radius 2 is 2.08 bits per heavy atom. The van der Waals surface area contributed by atoms with E-state index in [4.69, 9.17) is 9.47 Å². The van der Waals surface area contributed by atoms with Crippen LogP contribution in [0.1, 0.15) is 36.1 Å². The summed E-state index contributed by atoms with van der Waals surface area (Å²) in [6.45, 7) is 7.08. The van der Waals surface area contributed by atoms with Gasteiger partial charge in [0.2, 0.25) is 5.91 Å². The molecular weight excluding hydrogens is 314 g/mol. The highest BCUT2D eigenvalue weighted by Gasteiger charge is 2.22. The molecule has 1 N–H and O–H groups in total. The minimum atomic E-state index is 0.00605. The Hall–Kier alpha value is -2.49. The largest absolute Gasteiger partial charge is 0.494 e. The summed E-state index contributed by atoms with van der Waals surface area (Å²) in [4.78, 5) is 12.3. The van der Waals surface area contributed by atoms with E-state index in [1.807, 2.05) is 50.2 Å². The molecule has 1 heterocycles. The number of carbonyl (C=O) groups excluding carboxylic acids is 1. The van der Waals surface area contributed by atoms with Gasteiger partial charge in [-0.05, 0) is 44.0 Å². The number of benzene rings is 2. The second kappa shape index (κ2) is 7.60. The van der Waals surface area contributed by atoms with Crippen LogP contribution in [0.25, 0.3) is 0 Å². The van der Waals surface area contributed by atoms with Gasteiger partial charge in [-0.2, -0.15) is 0 Å². The Morgan fingerprint density at radius 3 is 2.84 bits per heavy atom. The Labute approximate surface area is 149 Å². The lowest BCUT2D eigenvalue weighted by Crippen LogP contribution is -2.25. The van der Waals surface area contributed by atoms with Gasteiger partial charge in [-0.25, -0.2) is 0 Å². The van der Waals surface area contributed by atoms with Crippen molar-refractivity contribution in [2.75, 3.05) is 6.61 Å². The van der Waals surface area contributed by atoms with Gasteiger partial charge < -0.3 is 14.8 Å². The minimum Gasteiger partial charge on any atom is -0.494 e. The van der Waals surface area contributed by atoms with Crippen molar-refractivity contribution in [3.8, 4) is 11.5 Å². The van der Waals surface area contributed by atoms with E-state index in [2.05, 4.69) is 12.2 Å². The van der Waals surface area contributed by atoms with E-state index in [0.29, 0.717) is 19.6 Å². The first-order valence-electron chi connectivity index (χ1n) is 8.83. The van der Waals surface area contributed by atoms with Crippen LogP contribution in [-0.2, 0) is 24.2 Å². The first kappa shape index (κ1) is 17.3. The van der Waals surface area contributed by atoms with E-state index in [-0.39, 0.29) is 12.0 Å². The van der Waals surface area contributed by atoms with Crippen molar-refractivity contribution in [1.29, 1.82) is 0 Å². The third-order valence-corrected chi connectivity index (χ3v) is 4.47. The van der Waals surface area contributed by atoms with Gasteiger partial charge in [0.25, 0.3) is 0 Å². The van der Waals surface area contributed by atoms with Gasteiger partial charge in [0.1, 0.15) is 17.6 Å². The van der Waals surface area contributed by atoms with E-state index < -0.39 is 0 Å².